The van der Waals surface area contributed by atoms with Crippen molar-refractivity contribution in [1.82, 2.24) is 15.4 Å². The van der Waals surface area contributed by atoms with E-state index in [4.69, 9.17) is 5.11 Å². The Bertz CT molecular complexity index is 925. The molecule has 1 aromatic heterocycles. The molecule has 2 N–H and O–H groups in total. The van der Waals surface area contributed by atoms with Crippen LogP contribution in [-0.2, 0) is 5.75 Å². The number of thioether (sulfide) groups is 1. The molecule has 0 aliphatic heterocycles. The highest BCUT2D eigenvalue weighted by molar-refractivity contribution is 7.98. The fraction of sp³-hybridized carbons (Fsp3) is 0.118. The quantitative estimate of drug-likeness (QED) is 0.603. The summed E-state index contributed by atoms with van der Waals surface area (Å²) in [7, 11) is 0. The Balaban J connectivity index is 1.65. The lowest BCUT2D eigenvalue weighted by Gasteiger charge is -2.09. The summed E-state index contributed by atoms with van der Waals surface area (Å²) in [5.41, 5.74) is 1.87. The highest BCUT2D eigenvalue weighted by atomic mass is 32.2. The van der Waals surface area contributed by atoms with E-state index in [2.05, 4.69) is 20.1 Å². The molecule has 0 radical (unpaired) electrons. The molecule has 1 heterocycles. The molecule has 0 spiro atoms. The van der Waals surface area contributed by atoms with E-state index in [0.717, 1.165) is 16.0 Å². The van der Waals surface area contributed by atoms with Crippen LogP contribution in [0.3, 0.4) is 0 Å². The number of nitrogens with one attached hydrogen (secondary N) is 1. The molecule has 6 nitrogen and oxygen atoms in total. The van der Waals surface area contributed by atoms with Gasteiger partial charge in [-0.1, -0.05) is 29.5 Å². The fourth-order valence-electron chi connectivity index (χ4n) is 2.27. The Kier molecular flexibility index (Phi) is 5.36. The van der Waals surface area contributed by atoms with Crippen LogP contribution in [-0.4, -0.2) is 32.8 Å². The topological polar surface area (TPSA) is 88.1 Å². The maximum absolute atomic E-state index is 12.2. The summed E-state index contributed by atoms with van der Waals surface area (Å²) in [6.07, 6.45) is -4.72. The first-order chi connectivity index (χ1) is 12.8. The van der Waals surface area contributed by atoms with Gasteiger partial charge in [-0.05, 0) is 35.4 Å². The molecule has 0 fully saturated rings. The van der Waals surface area contributed by atoms with Crippen molar-refractivity contribution in [3.8, 4) is 16.9 Å². The van der Waals surface area contributed by atoms with Crippen LogP contribution >= 0.6 is 11.8 Å². The number of rotatable bonds is 6. The number of carboxylic acid groups (broad SMARTS) is 1. The second-order valence-corrected chi connectivity index (χ2v) is 6.37. The zero-order valence-corrected chi connectivity index (χ0v) is 14.3. The number of carbonyl (C=O) groups is 1. The first kappa shape index (κ1) is 18.8. The standard InChI is InChI=1S/C17H12F3N3O3S/c18-17(19,20)26-12-5-1-10(2-6-12)11-3-7-13(8-4-11)27-9-14-15(16(24)25)22-23-21-14/h1-8H,9H2,(H,24,25)(H,21,22,23). The van der Waals surface area contributed by atoms with E-state index in [1.807, 2.05) is 24.3 Å². The van der Waals surface area contributed by atoms with Gasteiger partial charge >= 0.3 is 12.3 Å². The van der Waals surface area contributed by atoms with Crippen molar-refractivity contribution in [2.75, 3.05) is 0 Å². The minimum atomic E-state index is -4.72. The van der Waals surface area contributed by atoms with Crippen molar-refractivity contribution in [3.05, 3.63) is 59.9 Å². The summed E-state index contributed by atoms with van der Waals surface area (Å²) in [5.74, 6) is -1.06. The largest absolute Gasteiger partial charge is 0.573 e. The van der Waals surface area contributed by atoms with E-state index in [0.29, 0.717) is 11.4 Å². The lowest BCUT2D eigenvalue weighted by atomic mass is 10.1. The second-order valence-electron chi connectivity index (χ2n) is 5.32. The van der Waals surface area contributed by atoms with Gasteiger partial charge in [0.25, 0.3) is 0 Å². The fourth-order valence-corrected chi connectivity index (χ4v) is 3.10. The number of hydrogen-bond donors (Lipinski definition) is 2. The normalized spacial score (nSPS) is 11.4. The maximum atomic E-state index is 12.2. The molecule has 3 aromatic rings. The number of carboxylic acids is 1. The number of alkyl halides is 3. The summed E-state index contributed by atoms with van der Waals surface area (Å²) < 4.78 is 40.4. The van der Waals surface area contributed by atoms with Gasteiger partial charge in [0, 0.05) is 10.6 Å². The first-order valence-electron chi connectivity index (χ1n) is 7.54. The van der Waals surface area contributed by atoms with Gasteiger partial charge in [-0.25, -0.2) is 4.79 Å². The molecule has 0 atom stereocenters. The molecular formula is C17H12F3N3O3S. The highest BCUT2D eigenvalue weighted by Gasteiger charge is 2.30. The number of aromatic amines is 1. The summed E-state index contributed by atoms with van der Waals surface area (Å²) in [6.45, 7) is 0. The van der Waals surface area contributed by atoms with Crippen molar-refractivity contribution < 1.29 is 27.8 Å². The average molecular weight is 395 g/mol. The van der Waals surface area contributed by atoms with Gasteiger partial charge in [-0.2, -0.15) is 0 Å². The van der Waals surface area contributed by atoms with Gasteiger partial charge in [0.05, 0.1) is 0 Å². The number of aromatic nitrogens is 3. The Morgan fingerprint density at radius 3 is 2.22 bits per heavy atom. The third-order valence-corrected chi connectivity index (χ3v) is 4.51. The van der Waals surface area contributed by atoms with Gasteiger partial charge in [-0.15, -0.1) is 30.0 Å². The number of nitrogens with zero attached hydrogens (tertiary/aromatic N) is 2. The Morgan fingerprint density at radius 1 is 1.07 bits per heavy atom. The van der Waals surface area contributed by atoms with Crippen LogP contribution in [0.15, 0.2) is 53.4 Å². The summed E-state index contributed by atoms with van der Waals surface area (Å²) in [4.78, 5) is 11.9. The van der Waals surface area contributed by atoms with Crippen molar-refractivity contribution in [3.63, 3.8) is 0 Å². The van der Waals surface area contributed by atoms with E-state index in [1.165, 1.54) is 36.0 Å². The Morgan fingerprint density at radius 2 is 1.67 bits per heavy atom. The van der Waals surface area contributed by atoms with Crippen LogP contribution in [0.2, 0.25) is 0 Å². The van der Waals surface area contributed by atoms with Gasteiger partial charge in [-0.3, -0.25) is 5.10 Å². The number of hydrogen-bond acceptors (Lipinski definition) is 5. The molecule has 0 aliphatic carbocycles. The molecule has 0 saturated carbocycles. The molecule has 0 saturated heterocycles. The molecule has 0 aliphatic rings. The lowest BCUT2D eigenvalue weighted by Crippen LogP contribution is -2.16. The van der Waals surface area contributed by atoms with Crippen LogP contribution in [0.4, 0.5) is 13.2 Å². The van der Waals surface area contributed by atoms with Crippen molar-refractivity contribution in [2.24, 2.45) is 0 Å². The lowest BCUT2D eigenvalue weighted by molar-refractivity contribution is -0.274. The zero-order chi connectivity index (χ0) is 19.4. The molecule has 10 heteroatoms. The molecule has 3 rings (SSSR count). The van der Waals surface area contributed by atoms with Gasteiger partial charge < -0.3 is 9.84 Å². The molecule has 0 unspecified atom stereocenters. The van der Waals surface area contributed by atoms with E-state index in [1.54, 1.807) is 0 Å². The predicted octanol–water partition coefficient (Wildman–Crippen LogP) is 4.36. The van der Waals surface area contributed by atoms with Crippen molar-refractivity contribution in [2.45, 2.75) is 17.0 Å². The van der Waals surface area contributed by atoms with Crippen molar-refractivity contribution >= 4 is 17.7 Å². The summed E-state index contributed by atoms with van der Waals surface area (Å²) >= 11 is 1.39. The Labute approximate surface area is 155 Å². The van der Waals surface area contributed by atoms with Crippen LogP contribution in [0, 0.1) is 0 Å². The first-order valence-corrected chi connectivity index (χ1v) is 8.52. The molecule has 0 amide bonds. The highest BCUT2D eigenvalue weighted by Crippen LogP contribution is 2.29. The number of H-pyrrole nitrogens is 1. The minimum absolute atomic E-state index is 0.0414. The van der Waals surface area contributed by atoms with Crippen LogP contribution in [0.5, 0.6) is 5.75 Å². The number of halogens is 3. The smallest absolute Gasteiger partial charge is 0.476 e. The van der Waals surface area contributed by atoms with E-state index in [-0.39, 0.29) is 11.4 Å². The molecule has 140 valence electrons. The van der Waals surface area contributed by atoms with Crippen LogP contribution in [0.25, 0.3) is 11.1 Å². The van der Waals surface area contributed by atoms with E-state index < -0.39 is 12.3 Å². The van der Waals surface area contributed by atoms with Crippen molar-refractivity contribution in [1.29, 1.82) is 0 Å². The van der Waals surface area contributed by atoms with Gasteiger partial charge in [0.1, 0.15) is 11.4 Å². The molecular weight excluding hydrogens is 383 g/mol. The summed E-state index contributed by atoms with van der Waals surface area (Å²) in [6, 6.07) is 12.9. The van der Waals surface area contributed by atoms with E-state index >= 15 is 0 Å². The SMILES string of the molecule is O=C(O)c1[nH]nnc1CSc1ccc(-c2ccc(OC(F)(F)F)cc2)cc1. The summed E-state index contributed by atoms with van der Waals surface area (Å²) in [5, 5.41) is 18.6. The number of aromatic carboxylic acids is 1. The Hall–Kier alpha value is -3.01. The number of ether oxygens (including phenoxy) is 1. The minimum Gasteiger partial charge on any atom is -0.476 e. The van der Waals surface area contributed by atoms with Crippen LogP contribution < -0.4 is 4.74 Å². The van der Waals surface area contributed by atoms with Gasteiger partial charge in [0.15, 0.2) is 5.69 Å². The third-order valence-electron chi connectivity index (χ3n) is 3.49. The average Bonchev–Trinajstić information content (AvgIpc) is 3.09. The predicted molar refractivity (Wildman–Crippen MR) is 91.5 cm³/mol. The molecule has 2 aromatic carbocycles. The maximum Gasteiger partial charge on any atom is 0.573 e. The molecule has 0 bridgehead atoms. The van der Waals surface area contributed by atoms with E-state index in [9.17, 15) is 18.0 Å². The second kappa shape index (κ2) is 7.70. The third kappa shape index (κ3) is 5.00. The molecule has 27 heavy (non-hydrogen) atoms. The van der Waals surface area contributed by atoms with Crippen LogP contribution in [0.1, 0.15) is 16.2 Å². The monoisotopic (exact) mass is 395 g/mol. The van der Waals surface area contributed by atoms with Gasteiger partial charge in [0.2, 0.25) is 0 Å². The zero-order valence-electron chi connectivity index (χ0n) is 13.5. The number of benzene rings is 2.